The van der Waals surface area contributed by atoms with E-state index >= 15 is 0 Å². The SMILES string of the molecule is Fc1cccc(Cl)c1-c1c(-c2ccc(Cl)cc2)cnnc1Cl. The number of benzene rings is 2. The van der Waals surface area contributed by atoms with Crippen LogP contribution in [-0.4, -0.2) is 10.2 Å². The highest BCUT2D eigenvalue weighted by molar-refractivity contribution is 6.36. The third-order valence-corrected chi connectivity index (χ3v) is 4.01. The van der Waals surface area contributed by atoms with Crippen LogP contribution < -0.4 is 0 Å². The summed E-state index contributed by atoms with van der Waals surface area (Å²) in [7, 11) is 0. The Kier molecular flexibility index (Phi) is 4.30. The predicted octanol–water partition coefficient (Wildman–Crippen LogP) is 5.91. The van der Waals surface area contributed by atoms with Crippen molar-refractivity contribution in [1.29, 1.82) is 0 Å². The molecule has 3 rings (SSSR count). The van der Waals surface area contributed by atoms with Gasteiger partial charge in [0, 0.05) is 21.7 Å². The summed E-state index contributed by atoms with van der Waals surface area (Å²) in [6.45, 7) is 0. The third kappa shape index (κ3) is 2.80. The molecule has 0 aliphatic carbocycles. The molecule has 0 saturated heterocycles. The van der Waals surface area contributed by atoms with Crippen LogP contribution in [0.2, 0.25) is 15.2 Å². The zero-order valence-electron chi connectivity index (χ0n) is 11.0. The minimum absolute atomic E-state index is 0.0828. The lowest BCUT2D eigenvalue weighted by atomic mass is 9.97. The summed E-state index contributed by atoms with van der Waals surface area (Å²) >= 11 is 18.2. The molecule has 6 heteroatoms. The zero-order chi connectivity index (χ0) is 15.7. The van der Waals surface area contributed by atoms with Crippen molar-refractivity contribution in [3.8, 4) is 22.3 Å². The molecule has 0 N–H and O–H groups in total. The van der Waals surface area contributed by atoms with Crippen molar-refractivity contribution in [2.75, 3.05) is 0 Å². The van der Waals surface area contributed by atoms with Gasteiger partial charge in [0.1, 0.15) is 5.82 Å². The molecule has 0 radical (unpaired) electrons. The summed E-state index contributed by atoms with van der Waals surface area (Å²) in [5.41, 5.74) is 2.02. The van der Waals surface area contributed by atoms with Gasteiger partial charge >= 0.3 is 0 Å². The Balaban J connectivity index is 2.30. The van der Waals surface area contributed by atoms with Crippen LogP contribution in [0.4, 0.5) is 4.39 Å². The average Bonchev–Trinajstić information content (AvgIpc) is 2.49. The van der Waals surface area contributed by atoms with Gasteiger partial charge in [-0.3, -0.25) is 0 Å². The van der Waals surface area contributed by atoms with Crippen LogP contribution in [0.3, 0.4) is 0 Å². The number of nitrogens with zero attached hydrogens (tertiary/aromatic N) is 2. The molecule has 3 aromatic rings. The molecule has 0 atom stereocenters. The number of aromatic nitrogens is 2. The first-order valence-electron chi connectivity index (χ1n) is 6.29. The summed E-state index contributed by atoms with van der Waals surface area (Å²) in [5.74, 6) is -0.474. The molecular formula is C16H8Cl3FN2. The Morgan fingerprint density at radius 1 is 0.864 bits per heavy atom. The van der Waals surface area contributed by atoms with E-state index in [1.165, 1.54) is 18.3 Å². The monoisotopic (exact) mass is 352 g/mol. The molecule has 2 nitrogen and oxygen atoms in total. The quantitative estimate of drug-likeness (QED) is 0.572. The summed E-state index contributed by atoms with van der Waals surface area (Å²) in [6.07, 6.45) is 1.52. The van der Waals surface area contributed by atoms with Crippen molar-refractivity contribution in [3.63, 3.8) is 0 Å². The number of rotatable bonds is 2. The minimum atomic E-state index is -0.474. The Hall–Kier alpha value is -1.68. The lowest BCUT2D eigenvalue weighted by Crippen LogP contribution is -1.95. The van der Waals surface area contributed by atoms with Crippen molar-refractivity contribution in [1.82, 2.24) is 10.2 Å². The maximum absolute atomic E-state index is 14.3. The first kappa shape index (κ1) is 15.2. The minimum Gasteiger partial charge on any atom is -0.206 e. The first-order valence-corrected chi connectivity index (χ1v) is 7.43. The van der Waals surface area contributed by atoms with E-state index in [-0.39, 0.29) is 15.7 Å². The van der Waals surface area contributed by atoms with Gasteiger partial charge in [-0.15, -0.1) is 5.10 Å². The van der Waals surface area contributed by atoms with Gasteiger partial charge in [-0.25, -0.2) is 4.39 Å². The second kappa shape index (κ2) is 6.21. The van der Waals surface area contributed by atoms with Gasteiger partial charge in [0.25, 0.3) is 0 Å². The summed E-state index contributed by atoms with van der Waals surface area (Å²) in [5, 5.41) is 8.59. The Morgan fingerprint density at radius 2 is 1.59 bits per heavy atom. The van der Waals surface area contributed by atoms with Crippen LogP contribution >= 0.6 is 34.8 Å². The predicted molar refractivity (Wildman–Crippen MR) is 87.9 cm³/mol. The largest absolute Gasteiger partial charge is 0.206 e. The Morgan fingerprint density at radius 3 is 2.27 bits per heavy atom. The molecule has 0 aliphatic heterocycles. The standard InChI is InChI=1S/C16H8Cl3FN2/c17-10-6-4-9(5-7-10)11-8-21-22-16(19)14(11)15-12(18)2-1-3-13(15)20/h1-8H. The van der Waals surface area contributed by atoms with Gasteiger partial charge in [-0.1, -0.05) is 53.0 Å². The summed E-state index contributed by atoms with van der Waals surface area (Å²) < 4.78 is 14.3. The van der Waals surface area contributed by atoms with E-state index in [0.717, 1.165) is 5.56 Å². The lowest BCUT2D eigenvalue weighted by molar-refractivity contribution is 0.631. The second-order valence-corrected chi connectivity index (χ2v) is 5.73. The molecule has 0 unspecified atom stereocenters. The molecule has 0 saturated carbocycles. The van der Waals surface area contributed by atoms with E-state index in [9.17, 15) is 4.39 Å². The van der Waals surface area contributed by atoms with Gasteiger partial charge in [0.15, 0.2) is 5.15 Å². The number of hydrogen-bond acceptors (Lipinski definition) is 2. The summed E-state index contributed by atoms with van der Waals surface area (Å²) in [4.78, 5) is 0. The van der Waals surface area contributed by atoms with E-state index in [4.69, 9.17) is 34.8 Å². The highest BCUT2D eigenvalue weighted by Crippen LogP contribution is 2.40. The van der Waals surface area contributed by atoms with Crippen molar-refractivity contribution in [3.05, 3.63) is 69.7 Å². The molecule has 0 fully saturated rings. The van der Waals surface area contributed by atoms with E-state index in [2.05, 4.69) is 10.2 Å². The molecule has 0 bridgehead atoms. The molecule has 22 heavy (non-hydrogen) atoms. The fourth-order valence-corrected chi connectivity index (χ4v) is 2.81. The average molecular weight is 354 g/mol. The Bertz CT molecular complexity index is 815. The van der Waals surface area contributed by atoms with Gasteiger partial charge in [-0.05, 0) is 29.8 Å². The molecule has 110 valence electrons. The number of halogens is 4. The Labute approximate surface area is 141 Å². The third-order valence-electron chi connectivity index (χ3n) is 3.18. The highest BCUT2D eigenvalue weighted by atomic mass is 35.5. The van der Waals surface area contributed by atoms with E-state index in [1.807, 2.05) is 0 Å². The van der Waals surface area contributed by atoms with Crippen molar-refractivity contribution in [2.45, 2.75) is 0 Å². The fraction of sp³-hybridized carbons (Fsp3) is 0. The van der Waals surface area contributed by atoms with Crippen molar-refractivity contribution in [2.24, 2.45) is 0 Å². The molecule has 0 spiro atoms. The maximum Gasteiger partial charge on any atom is 0.160 e. The van der Waals surface area contributed by atoms with Gasteiger partial charge in [0.05, 0.1) is 11.2 Å². The zero-order valence-corrected chi connectivity index (χ0v) is 13.3. The smallest absolute Gasteiger partial charge is 0.160 e. The molecule has 1 aromatic heterocycles. The van der Waals surface area contributed by atoms with Crippen molar-refractivity contribution >= 4 is 34.8 Å². The van der Waals surface area contributed by atoms with Gasteiger partial charge < -0.3 is 0 Å². The van der Waals surface area contributed by atoms with Crippen LogP contribution in [0.1, 0.15) is 0 Å². The van der Waals surface area contributed by atoms with Crippen molar-refractivity contribution < 1.29 is 4.39 Å². The van der Waals surface area contributed by atoms with Gasteiger partial charge in [-0.2, -0.15) is 5.10 Å². The summed E-state index contributed by atoms with van der Waals surface area (Å²) in [6, 6.07) is 11.5. The maximum atomic E-state index is 14.3. The van der Waals surface area contributed by atoms with Crippen LogP contribution in [0.5, 0.6) is 0 Å². The highest BCUT2D eigenvalue weighted by Gasteiger charge is 2.19. The van der Waals surface area contributed by atoms with Crippen LogP contribution in [0, 0.1) is 5.82 Å². The first-order chi connectivity index (χ1) is 10.6. The molecule has 0 aliphatic rings. The lowest BCUT2D eigenvalue weighted by Gasteiger charge is -2.13. The molecule has 0 amide bonds. The van der Waals surface area contributed by atoms with Crippen LogP contribution in [0.25, 0.3) is 22.3 Å². The van der Waals surface area contributed by atoms with E-state index in [0.29, 0.717) is 16.1 Å². The fourth-order valence-electron chi connectivity index (χ4n) is 2.19. The van der Waals surface area contributed by atoms with Crippen LogP contribution in [-0.2, 0) is 0 Å². The van der Waals surface area contributed by atoms with Gasteiger partial charge in [0.2, 0.25) is 0 Å². The normalized spacial score (nSPS) is 10.7. The topological polar surface area (TPSA) is 25.8 Å². The second-order valence-electron chi connectivity index (χ2n) is 4.53. The molecular weight excluding hydrogens is 346 g/mol. The number of hydrogen-bond donors (Lipinski definition) is 0. The molecule has 1 heterocycles. The van der Waals surface area contributed by atoms with E-state index < -0.39 is 5.82 Å². The van der Waals surface area contributed by atoms with Crippen LogP contribution in [0.15, 0.2) is 48.7 Å². The molecule has 2 aromatic carbocycles. The van der Waals surface area contributed by atoms with E-state index in [1.54, 1.807) is 30.3 Å².